The summed E-state index contributed by atoms with van der Waals surface area (Å²) in [5.74, 6) is -2.35. The molecule has 0 bridgehead atoms. The highest BCUT2D eigenvalue weighted by molar-refractivity contribution is 6.10. The van der Waals surface area contributed by atoms with Gasteiger partial charge in [0.2, 0.25) is 0 Å². The van der Waals surface area contributed by atoms with Crippen LogP contribution in [0.5, 0.6) is 5.75 Å². The second-order valence-corrected chi connectivity index (χ2v) is 5.36. The predicted octanol–water partition coefficient (Wildman–Crippen LogP) is 4.60. The monoisotopic (exact) mass is 351 g/mol. The van der Waals surface area contributed by atoms with Crippen LogP contribution >= 0.6 is 0 Å². The Labute approximate surface area is 140 Å². The summed E-state index contributed by atoms with van der Waals surface area (Å²) < 4.78 is 58.6. The molecule has 0 N–H and O–H groups in total. The van der Waals surface area contributed by atoms with Gasteiger partial charge in [0.1, 0.15) is 6.61 Å². The van der Waals surface area contributed by atoms with E-state index < -0.39 is 23.3 Å². The first-order valence-electron chi connectivity index (χ1n) is 7.44. The van der Waals surface area contributed by atoms with Gasteiger partial charge in [0.15, 0.2) is 11.6 Å². The lowest BCUT2D eigenvalue weighted by Crippen LogP contribution is -2.22. The first-order valence-corrected chi connectivity index (χ1v) is 7.44. The van der Waals surface area contributed by atoms with E-state index in [1.165, 1.54) is 28.8 Å². The summed E-state index contributed by atoms with van der Waals surface area (Å²) in [7, 11) is 0. The number of ether oxygens (including phenoxy) is 1. The van der Waals surface area contributed by atoms with Crippen molar-refractivity contribution in [1.29, 1.82) is 0 Å². The number of fused-ring (bicyclic) bond motifs is 1. The minimum atomic E-state index is -4.95. The summed E-state index contributed by atoms with van der Waals surface area (Å²) in [6.07, 6.45) is -3.79. The Morgan fingerprint density at radius 1 is 1.04 bits per heavy atom. The van der Waals surface area contributed by atoms with Crippen LogP contribution < -0.4 is 4.74 Å². The van der Waals surface area contributed by atoms with E-state index in [-0.39, 0.29) is 24.3 Å². The van der Waals surface area contributed by atoms with Gasteiger partial charge >= 0.3 is 6.18 Å². The van der Waals surface area contributed by atoms with Crippen molar-refractivity contribution in [3.8, 4) is 5.75 Å². The van der Waals surface area contributed by atoms with E-state index in [0.29, 0.717) is 5.52 Å². The van der Waals surface area contributed by atoms with Crippen molar-refractivity contribution in [2.24, 2.45) is 0 Å². The van der Waals surface area contributed by atoms with Crippen LogP contribution in [0.4, 0.5) is 17.6 Å². The molecule has 0 aliphatic heterocycles. The van der Waals surface area contributed by atoms with Gasteiger partial charge in [-0.25, -0.2) is 4.39 Å². The van der Waals surface area contributed by atoms with Gasteiger partial charge in [-0.15, -0.1) is 0 Å². The van der Waals surface area contributed by atoms with E-state index in [0.717, 1.165) is 6.20 Å². The molecule has 0 atom stereocenters. The average molecular weight is 351 g/mol. The summed E-state index contributed by atoms with van der Waals surface area (Å²) in [4.78, 5) is 11.6. The zero-order valence-electron chi connectivity index (χ0n) is 12.9. The number of hydrogen-bond acceptors (Lipinski definition) is 2. The van der Waals surface area contributed by atoms with Crippen LogP contribution in [-0.4, -0.2) is 23.1 Å². The Morgan fingerprint density at radius 2 is 1.72 bits per heavy atom. The molecule has 130 valence electrons. The highest BCUT2D eigenvalue weighted by Crippen LogP contribution is 2.28. The van der Waals surface area contributed by atoms with Gasteiger partial charge in [0.05, 0.1) is 12.1 Å². The standard InChI is InChI=1S/C18H13F4NO2/c19-14-6-2-4-8-16(14)25-10-9-23-11-13(17(24)18(20,21)22)12-5-1-3-7-15(12)23/h1-8,11H,9-10H2. The first kappa shape index (κ1) is 17.0. The number of halogens is 4. The molecule has 0 fully saturated rings. The number of nitrogens with zero attached hydrogens (tertiary/aromatic N) is 1. The lowest BCUT2D eigenvalue weighted by atomic mass is 10.1. The number of carbonyl (C=O) groups is 1. The Hall–Kier alpha value is -2.83. The number of Topliss-reactive ketones (excluding diaryl/α,β-unsaturated/α-hetero) is 1. The normalized spacial score (nSPS) is 11.7. The van der Waals surface area contributed by atoms with E-state index in [1.54, 1.807) is 24.3 Å². The number of aromatic nitrogens is 1. The maximum absolute atomic E-state index is 13.5. The molecule has 1 heterocycles. The number of benzene rings is 2. The number of rotatable bonds is 5. The van der Waals surface area contributed by atoms with Crippen molar-refractivity contribution < 1.29 is 27.1 Å². The van der Waals surface area contributed by atoms with Gasteiger partial charge in [0.25, 0.3) is 5.78 Å². The van der Waals surface area contributed by atoms with Gasteiger partial charge in [-0.1, -0.05) is 30.3 Å². The smallest absolute Gasteiger partial charge is 0.454 e. The third-order valence-electron chi connectivity index (χ3n) is 3.72. The molecule has 0 unspecified atom stereocenters. The second-order valence-electron chi connectivity index (χ2n) is 5.36. The van der Waals surface area contributed by atoms with Crippen molar-refractivity contribution in [3.63, 3.8) is 0 Å². The van der Waals surface area contributed by atoms with E-state index in [2.05, 4.69) is 0 Å². The summed E-state index contributed by atoms with van der Waals surface area (Å²) in [6.45, 7) is 0.208. The van der Waals surface area contributed by atoms with Crippen LogP contribution in [0.15, 0.2) is 54.7 Å². The van der Waals surface area contributed by atoms with E-state index >= 15 is 0 Å². The lowest BCUT2D eigenvalue weighted by molar-refractivity contribution is -0.0884. The van der Waals surface area contributed by atoms with Gasteiger partial charge in [-0.3, -0.25) is 4.79 Å². The summed E-state index contributed by atoms with van der Waals surface area (Å²) >= 11 is 0. The molecule has 1 aromatic heterocycles. The van der Waals surface area contributed by atoms with Gasteiger partial charge in [0, 0.05) is 17.1 Å². The molecule has 2 aromatic carbocycles. The maximum Gasteiger partial charge on any atom is 0.454 e. The summed E-state index contributed by atoms with van der Waals surface area (Å²) in [6, 6.07) is 12.2. The highest BCUT2D eigenvalue weighted by Gasteiger charge is 2.40. The topological polar surface area (TPSA) is 31.2 Å². The van der Waals surface area contributed by atoms with Crippen molar-refractivity contribution in [1.82, 2.24) is 4.57 Å². The van der Waals surface area contributed by atoms with E-state index in [9.17, 15) is 22.4 Å². The fraction of sp³-hybridized carbons (Fsp3) is 0.167. The zero-order valence-corrected chi connectivity index (χ0v) is 12.9. The van der Waals surface area contributed by atoms with Crippen LogP contribution in [0.3, 0.4) is 0 Å². The van der Waals surface area contributed by atoms with Crippen LogP contribution in [0.1, 0.15) is 10.4 Å². The van der Waals surface area contributed by atoms with Crippen molar-refractivity contribution >= 4 is 16.7 Å². The maximum atomic E-state index is 13.5. The number of para-hydroxylation sites is 2. The minimum absolute atomic E-state index is 0.0409. The van der Waals surface area contributed by atoms with E-state index in [4.69, 9.17) is 4.74 Å². The largest absolute Gasteiger partial charge is 0.489 e. The van der Waals surface area contributed by atoms with Crippen LogP contribution in [-0.2, 0) is 6.54 Å². The van der Waals surface area contributed by atoms with Crippen LogP contribution in [0.2, 0.25) is 0 Å². The molecule has 0 aliphatic carbocycles. The predicted molar refractivity (Wildman–Crippen MR) is 84.2 cm³/mol. The molecule has 0 radical (unpaired) electrons. The highest BCUT2D eigenvalue weighted by atomic mass is 19.4. The molecule has 0 spiro atoms. The van der Waals surface area contributed by atoms with Gasteiger partial charge in [-0.2, -0.15) is 13.2 Å². The molecule has 25 heavy (non-hydrogen) atoms. The third kappa shape index (κ3) is 3.50. The van der Waals surface area contributed by atoms with Crippen LogP contribution in [0, 0.1) is 5.82 Å². The number of hydrogen-bond donors (Lipinski definition) is 0. The third-order valence-corrected chi connectivity index (χ3v) is 3.72. The van der Waals surface area contributed by atoms with Crippen molar-refractivity contribution in [2.45, 2.75) is 12.7 Å². The van der Waals surface area contributed by atoms with Crippen molar-refractivity contribution in [3.05, 3.63) is 66.1 Å². The van der Waals surface area contributed by atoms with Gasteiger partial charge < -0.3 is 9.30 Å². The quantitative estimate of drug-likeness (QED) is 0.497. The summed E-state index contributed by atoms with van der Waals surface area (Å²) in [5.41, 5.74) is 0.0706. The minimum Gasteiger partial charge on any atom is -0.489 e. The SMILES string of the molecule is O=C(c1cn(CCOc2ccccc2F)c2ccccc12)C(F)(F)F. The Kier molecular flexibility index (Phi) is 4.48. The second kappa shape index (κ2) is 6.58. The molecule has 0 saturated carbocycles. The fourth-order valence-corrected chi connectivity index (χ4v) is 2.58. The van der Waals surface area contributed by atoms with E-state index in [1.807, 2.05) is 0 Å². The molecular formula is C18H13F4NO2. The molecule has 3 nitrogen and oxygen atoms in total. The van der Waals surface area contributed by atoms with Gasteiger partial charge in [-0.05, 0) is 18.2 Å². The number of alkyl halides is 3. The molecular weight excluding hydrogens is 338 g/mol. The lowest BCUT2D eigenvalue weighted by Gasteiger charge is -2.08. The Balaban J connectivity index is 1.85. The molecule has 0 aliphatic rings. The van der Waals surface area contributed by atoms with Crippen LogP contribution in [0.25, 0.3) is 10.9 Å². The Morgan fingerprint density at radius 3 is 2.44 bits per heavy atom. The molecule has 3 aromatic rings. The number of carbonyl (C=O) groups excluding carboxylic acids is 1. The average Bonchev–Trinajstić information content (AvgIpc) is 2.94. The number of ketones is 1. The first-order chi connectivity index (χ1) is 11.9. The molecule has 7 heteroatoms. The zero-order chi connectivity index (χ0) is 18.0. The fourth-order valence-electron chi connectivity index (χ4n) is 2.58. The summed E-state index contributed by atoms with van der Waals surface area (Å²) in [5, 5.41) is 0.218. The van der Waals surface area contributed by atoms with Crippen molar-refractivity contribution in [2.75, 3.05) is 6.61 Å². The Bertz CT molecular complexity index is 915. The molecule has 0 amide bonds. The molecule has 3 rings (SSSR count). The molecule has 0 saturated heterocycles.